The molecule has 0 aromatic heterocycles. The van der Waals surface area contributed by atoms with E-state index in [1.165, 1.54) is 5.69 Å². The van der Waals surface area contributed by atoms with Gasteiger partial charge in [0.15, 0.2) is 0 Å². The van der Waals surface area contributed by atoms with Crippen molar-refractivity contribution in [3.8, 4) is 0 Å². The van der Waals surface area contributed by atoms with Crippen LogP contribution >= 0.6 is 0 Å². The fourth-order valence-corrected chi connectivity index (χ4v) is 7.39. The summed E-state index contributed by atoms with van der Waals surface area (Å²) in [6.45, 7) is 12.0. The molecule has 0 saturated carbocycles. The van der Waals surface area contributed by atoms with Gasteiger partial charge in [0.25, 0.3) is 0 Å². The molecule has 1 heterocycles. The molecule has 46 heavy (non-hydrogen) atoms. The number of amides is 2. The van der Waals surface area contributed by atoms with Gasteiger partial charge in [-0.1, -0.05) is 37.6 Å². The number of benzene rings is 2. The van der Waals surface area contributed by atoms with Crippen LogP contribution in [0.4, 0.5) is 14.5 Å². The average molecular weight is 640 g/mol. The highest BCUT2D eigenvalue weighted by Crippen LogP contribution is 2.51. The molecule has 10 heteroatoms. The summed E-state index contributed by atoms with van der Waals surface area (Å²) in [5.41, 5.74) is 6.24. The van der Waals surface area contributed by atoms with Gasteiger partial charge >= 0.3 is 0 Å². The van der Waals surface area contributed by atoms with Gasteiger partial charge in [-0.2, -0.15) is 0 Å². The Balaban J connectivity index is 1.58. The first-order valence-corrected chi connectivity index (χ1v) is 16.7. The minimum absolute atomic E-state index is 0.186. The lowest BCUT2D eigenvalue weighted by atomic mass is 9.57. The Labute approximate surface area is 272 Å². The van der Waals surface area contributed by atoms with Crippen molar-refractivity contribution in [2.24, 2.45) is 16.6 Å². The molecule has 2 aromatic carbocycles. The van der Waals surface area contributed by atoms with Crippen LogP contribution in [0, 0.1) is 22.5 Å². The van der Waals surface area contributed by atoms with Crippen molar-refractivity contribution in [2.45, 2.75) is 71.9 Å². The third kappa shape index (κ3) is 8.14. The number of halogens is 2. The van der Waals surface area contributed by atoms with Crippen molar-refractivity contribution in [3.63, 3.8) is 0 Å². The molecule has 1 aliphatic heterocycles. The highest BCUT2D eigenvalue weighted by Gasteiger charge is 2.59. The van der Waals surface area contributed by atoms with E-state index in [2.05, 4.69) is 39.8 Å². The summed E-state index contributed by atoms with van der Waals surface area (Å²) in [7, 11) is 0. The fourth-order valence-electron chi connectivity index (χ4n) is 7.39. The number of carbonyl (C=O) groups excluding carboxylic acids is 2. The van der Waals surface area contributed by atoms with Crippen LogP contribution in [0.5, 0.6) is 0 Å². The van der Waals surface area contributed by atoms with Gasteiger partial charge < -0.3 is 31.3 Å². The van der Waals surface area contributed by atoms with Crippen LogP contribution in [0.2, 0.25) is 0 Å². The quantitative estimate of drug-likeness (QED) is 0.171. The van der Waals surface area contributed by atoms with Crippen molar-refractivity contribution in [2.75, 3.05) is 50.7 Å². The standard InChI is InChI=1S/C36H51F2N5O3/c1-4-14-43(15-5-2)34(46)35(10-7-11-41-25-27-8-6-9-31(20-27)42-16-12-40-13-17-42)22-26(3)23-36(32(35)44,33(39)45)24-28-18-29(37)21-30(38)19-28/h6,8-9,18-21,23,32,40-41,44H,4-5,7,10-17,22,24-25H2,1-3H3,(H2,39,45)/t32-,35?,36-/m1/s1. The van der Waals surface area contributed by atoms with Gasteiger partial charge in [-0.05, 0) is 87.4 Å². The van der Waals surface area contributed by atoms with Crippen molar-refractivity contribution in [1.82, 2.24) is 15.5 Å². The summed E-state index contributed by atoms with van der Waals surface area (Å²) < 4.78 is 28.4. The maximum Gasteiger partial charge on any atom is 0.231 e. The molecule has 4 rings (SSSR count). The van der Waals surface area contributed by atoms with Crippen LogP contribution < -0.4 is 21.3 Å². The van der Waals surface area contributed by atoms with E-state index in [9.17, 15) is 23.5 Å². The smallest absolute Gasteiger partial charge is 0.231 e. The zero-order chi connectivity index (χ0) is 33.3. The van der Waals surface area contributed by atoms with Crippen molar-refractivity contribution >= 4 is 17.5 Å². The first-order valence-electron chi connectivity index (χ1n) is 16.7. The first-order chi connectivity index (χ1) is 22.0. The molecule has 0 spiro atoms. The zero-order valence-electron chi connectivity index (χ0n) is 27.6. The molecule has 1 saturated heterocycles. The lowest BCUT2D eigenvalue weighted by Crippen LogP contribution is -2.62. The van der Waals surface area contributed by atoms with Gasteiger partial charge in [0, 0.05) is 57.6 Å². The van der Waals surface area contributed by atoms with Crippen molar-refractivity contribution in [1.29, 1.82) is 0 Å². The highest BCUT2D eigenvalue weighted by atomic mass is 19.1. The van der Waals surface area contributed by atoms with Gasteiger partial charge in [0.2, 0.25) is 11.8 Å². The minimum atomic E-state index is -1.72. The SMILES string of the molecule is CCCN(CCC)C(=O)C1(CCCNCc2cccc(N3CCNCC3)c2)CC(C)=C[C@](Cc2cc(F)cc(F)c2)(C(N)=O)[C@@H]1O. The molecule has 3 atom stereocenters. The Kier molecular flexibility index (Phi) is 12.3. The number of allylic oxidation sites excluding steroid dienone is 1. The van der Waals surface area contributed by atoms with E-state index >= 15 is 0 Å². The fraction of sp³-hybridized carbons (Fsp3) is 0.556. The first kappa shape index (κ1) is 35.5. The number of piperazine rings is 1. The number of primary amides is 1. The van der Waals surface area contributed by atoms with Crippen LogP contribution in [-0.4, -0.2) is 73.7 Å². The number of carbonyl (C=O) groups is 2. The molecule has 5 N–H and O–H groups in total. The summed E-state index contributed by atoms with van der Waals surface area (Å²) in [6.07, 6.45) is 2.50. The minimum Gasteiger partial charge on any atom is -0.391 e. The lowest BCUT2D eigenvalue weighted by Gasteiger charge is -2.50. The number of hydrogen-bond acceptors (Lipinski definition) is 6. The topological polar surface area (TPSA) is 111 Å². The van der Waals surface area contributed by atoms with E-state index in [0.717, 1.165) is 68.4 Å². The third-order valence-electron chi connectivity index (χ3n) is 9.39. The number of hydrogen-bond donors (Lipinski definition) is 4. The van der Waals surface area contributed by atoms with Gasteiger partial charge in [0.1, 0.15) is 11.6 Å². The molecule has 8 nitrogen and oxygen atoms in total. The molecule has 1 aliphatic carbocycles. The largest absolute Gasteiger partial charge is 0.391 e. The lowest BCUT2D eigenvalue weighted by molar-refractivity contribution is -0.162. The van der Waals surface area contributed by atoms with Crippen molar-refractivity contribution < 1.29 is 23.5 Å². The second-order valence-corrected chi connectivity index (χ2v) is 13.1. The summed E-state index contributed by atoms with van der Waals surface area (Å²) in [5.74, 6) is -2.62. The third-order valence-corrected chi connectivity index (χ3v) is 9.39. The monoisotopic (exact) mass is 639 g/mol. The molecule has 0 bridgehead atoms. The Bertz CT molecular complexity index is 1350. The summed E-state index contributed by atoms with van der Waals surface area (Å²) in [4.78, 5) is 32.0. The molecule has 0 radical (unpaired) electrons. The number of aliphatic hydroxyl groups is 1. The van der Waals surface area contributed by atoms with Gasteiger partial charge in [-0.15, -0.1) is 0 Å². The van der Waals surface area contributed by atoms with Gasteiger partial charge in [-0.25, -0.2) is 8.78 Å². The molecular formula is C36H51F2N5O3. The van der Waals surface area contributed by atoms with E-state index in [-0.39, 0.29) is 24.3 Å². The molecule has 2 amide bonds. The summed E-state index contributed by atoms with van der Waals surface area (Å²) in [5, 5.41) is 19.1. The molecule has 2 aliphatic rings. The predicted octanol–water partition coefficient (Wildman–Crippen LogP) is 4.30. The number of aliphatic hydroxyl groups excluding tert-OH is 1. The van der Waals surface area contributed by atoms with E-state index in [1.54, 1.807) is 11.0 Å². The highest BCUT2D eigenvalue weighted by molar-refractivity contribution is 5.90. The Morgan fingerprint density at radius 3 is 2.37 bits per heavy atom. The van der Waals surface area contributed by atoms with E-state index in [1.807, 2.05) is 20.8 Å². The van der Waals surface area contributed by atoms with Crippen LogP contribution in [0.15, 0.2) is 54.1 Å². The molecule has 1 unspecified atom stereocenters. The Morgan fingerprint density at radius 2 is 1.74 bits per heavy atom. The van der Waals surface area contributed by atoms with Crippen LogP contribution in [-0.2, 0) is 22.6 Å². The van der Waals surface area contributed by atoms with Crippen LogP contribution in [0.1, 0.15) is 64.0 Å². The Morgan fingerprint density at radius 1 is 1.07 bits per heavy atom. The second kappa shape index (κ2) is 16.0. The maximum absolute atomic E-state index is 14.5. The predicted molar refractivity (Wildman–Crippen MR) is 178 cm³/mol. The van der Waals surface area contributed by atoms with E-state index in [4.69, 9.17) is 5.73 Å². The zero-order valence-corrected chi connectivity index (χ0v) is 27.6. The second-order valence-electron chi connectivity index (χ2n) is 13.1. The summed E-state index contributed by atoms with van der Waals surface area (Å²) in [6, 6.07) is 11.5. The van der Waals surface area contributed by atoms with Crippen LogP contribution in [0.3, 0.4) is 0 Å². The molecule has 1 fully saturated rings. The summed E-state index contributed by atoms with van der Waals surface area (Å²) >= 11 is 0. The van der Waals surface area contributed by atoms with Crippen molar-refractivity contribution in [3.05, 3.63) is 76.9 Å². The molecule has 252 valence electrons. The van der Waals surface area contributed by atoms with E-state index in [0.29, 0.717) is 39.0 Å². The number of nitrogens with one attached hydrogen (secondary N) is 2. The number of nitrogens with zero attached hydrogens (tertiary/aromatic N) is 2. The van der Waals surface area contributed by atoms with E-state index < -0.39 is 34.5 Å². The number of anilines is 1. The maximum atomic E-state index is 14.5. The average Bonchev–Trinajstić information content (AvgIpc) is 3.02. The normalized spacial score (nSPS) is 23.2. The number of nitrogens with two attached hydrogens (primary N) is 1. The van der Waals surface area contributed by atoms with Gasteiger partial charge in [0.05, 0.1) is 16.9 Å². The van der Waals surface area contributed by atoms with Crippen LogP contribution in [0.25, 0.3) is 0 Å². The molecular weight excluding hydrogens is 588 g/mol. The van der Waals surface area contributed by atoms with Gasteiger partial charge in [-0.3, -0.25) is 9.59 Å². The number of rotatable bonds is 15. The molecule has 2 aromatic rings. The Hall–Kier alpha value is -3.34.